The van der Waals surface area contributed by atoms with Crippen LogP contribution in [-0.2, 0) is 19.1 Å². The number of aliphatic hydroxyl groups is 1. The number of carbonyl (C=O) groups is 4. The van der Waals surface area contributed by atoms with E-state index in [9.17, 15) is 24.3 Å². The molecule has 3 aliphatic carbocycles. The highest BCUT2D eigenvalue weighted by molar-refractivity contribution is 5.93. The van der Waals surface area contributed by atoms with Gasteiger partial charge in [0.05, 0.1) is 6.04 Å². The largest absolute Gasteiger partial charge is 0.444 e. The lowest BCUT2D eigenvalue weighted by Crippen LogP contribution is -2.59. The van der Waals surface area contributed by atoms with Crippen LogP contribution in [0.3, 0.4) is 0 Å². The molecule has 0 bridgehead atoms. The summed E-state index contributed by atoms with van der Waals surface area (Å²) in [6.45, 7) is 13.6. The first-order valence-corrected chi connectivity index (χ1v) is 15.0. The molecule has 4 rings (SSSR count). The molecule has 5 N–H and O–H groups in total. The summed E-state index contributed by atoms with van der Waals surface area (Å²) in [5, 5.41) is 16.3. The molecule has 0 aromatic carbocycles. The Kier molecular flexibility index (Phi) is 8.02. The Labute approximate surface area is 238 Å². The van der Waals surface area contributed by atoms with E-state index in [0.29, 0.717) is 31.2 Å². The van der Waals surface area contributed by atoms with Crippen LogP contribution < -0.4 is 16.4 Å². The van der Waals surface area contributed by atoms with Crippen molar-refractivity contribution in [3.05, 3.63) is 0 Å². The molecule has 10 nitrogen and oxygen atoms in total. The van der Waals surface area contributed by atoms with Gasteiger partial charge in [-0.1, -0.05) is 53.4 Å². The van der Waals surface area contributed by atoms with E-state index in [2.05, 4.69) is 17.6 Å². The van der Waals surface area contributed by atoms with Crippen LogP contribution in [0.15, 0.2) is 0 Å². The molecule has 3 saturated carbocycles. The number of carbonyl (C=O) groups excluding carboxylic acids is 4. The number of hydrogen-bond donors (Lipinski definition) is 4. The van der Waals surface area contributed by atoms with Gasteiger partial charge in [0.25, 0.3) is 0 Å². The maximum atomic E-state index is 14.3. The van der Waals surface area contributed by atoms with Crippen molar-refractivity contribution in [1.82, 2.24) is 15.5 Å². The monoisotopic (exact) mass is 562 g/mol. The fraction of sp³-hybridized carbons (Fsp3) is 0.867. The molecule has 226 valence electrons. The number of primary amides is 1. The summed E-state index contributed by atoms with van der Waals surface area (Å²) in [6, 6.07) is -2.50. The highest BCUT2D eigenvalue weighted by atomic mass is 16.6. The topological polar surface area (TPSA) is 151 Å². The van der Waals surface area contributed by atoms with Gasteiger partial charge in [-0.2, -0.15) is 0 Å². The van der Waals surface area contributed by atoms with E-state index in [1.807, 2.05) is 20.8 Å². The summed E-state index contributed by atoms with van der Waals surface area (Å²) in [5.74, 6) is -0.880. The lowest BCUT2D eigenvalue weighted by molar-refractivity contribution is -0.143. The first kappa shape index (κ1) is 30.6. The van der Waals surface area contributed by atoms with E-state index in [0.717, 1.165) is 38.5 Å². The molecule has 4 amide bonds. The molecule has 1 heterocycles. The Morgan fingerprint density at radius 2 is 1.65 bits per heavy atom. The summed E-state index contributed by atoms with van der Waals surface area (Å²) >= 11 is 0. The molecule has 1 saturated heterocycles. The second-order valence-electron chi connectivity index (χ2n) is 15.0. The van der Waals surface area contributed by atoms with Crippen molar-refractivity contribution < 1.29 is 29.0 Å². The first-order valence-electron chi connectivity index (χ1n) is 15.0. The molecule has 2 spiro atoms. The number of alkyl carbamates (subject to hydrolysis) is 1. The fourth-order valence-electron chi connectivity index (χ4n) is 7.62. The van der Waals surface area contributed by atoms with E-state index in [1.165, 1.54) is 0 Å². The quantitative estimate of drug-likeness (QED) is 0.357. The van der Waals surface area contributed by atoms with Gasteiger partial charge in [0, 0.05) is 6.54 Å². The van der Waals surface area contributed by atoms with E-state index in [1.54, 1.807) is 25.7 Å². The van der Waals surface area contributed by atoms with Crippen LogP contribution in [-0.4, -0.2) is 70.2 Å². The predicted octanol–water partition coefficient (Wildman–Crippen LogP) is 2.85. The smallest absolute Gasteiger partial charge is 0.408 e. The number of aliphatic hydroxyl groups excluding tert-OH is 1. The number of ether oxygens (including phenoxy) is 1. The van der Waals surface area contributed by atoms with Crippen LogP contribution in [0.1, 0.15) is 99.8 Å². The van der Waals surface area contributed by atoms with Gasteiger partial charge in [-0.25, -0.2) is 4.79 Å². The lowest BCUT2D eigenvalue weighted by Gasteiger charge is -2.37. The summed E-state index contributed by atoms with van der Waals surface area (Å²) in [4.78, 5) is 54.5. The number of amides is 4. The molecular weight excluding hydrogens is 512 g/mol. The first-order chi connectivity index (χ1) is 18.4. The molecule has 40 heavy (non-hydrogen) atoms. The van der Waals surface area contributed by atoms with Crippen molar-refractivity contribution in [2.75, 3.05) is 6.54 Å². The zero-order chi connectivity index (χ0) is 29.8. The molecule has 3 unspecified atom stereocenters. The summed E-state index contributed by atoms with van der Waals surface area (Å²) in [5.41, 5.74) is 4.05. The molecule has 0 radical (unpaired) electrons. The Bertz CT molecular complexity index is 1020. The maximum absolute atomic E-state index is 14.3. The van der Waals surface area contributed by atoms with Crippen molar-refractivity contribution >= 4 is 23.8 Å². The fourth-order valence-corrected chi connectivity index (χ4v) is 7.62. The third kappa shape index (κ3) is 5.57. The second kappa shape index (κ2) is 10.5. The molecule has 4 aliphatic rings. The standard InChI is InChI=1S/C30H50N4O6/c1-17-29(12-9-13-29)30(17)15-20(24(37)32-19(21(35)23(31)36)14-18-10-8-11-18)34(16-30)25(38)22(27(2,3)4)33-26(39)40-28(5,6)7/h17-22,35H,8-16H2,1-7H3,(H2,31,36)(H,32,37)(H,33,39)/t17-,19?,20-,21?,22?,30+/m0/s1. The van der Waals surface area contributed by atoms with Crippen LogP contribution in [0.5, 0.6) is 0 Å². The number of nitrogens with zero attached hydrogens (tertiary/aromatic N) is 1. The third-order valence-corrected chi connectivity index (χ3v) is 10.4. The zero-order valence-electron chi connectivity index (χ0n) is 25.3. The summed E-state index contributed by atoms with van der Waals surface area (Å²) in [6.07, 6.45) is 5.19. The number of nitrogens with one attached hydrogen (secondary N) is 2. The lowest BCUT2D eigenvalue weighted by atomic mass is 9.74. The molecule has 4 fully saturated rings. The van der Waals surface area contributed by atoms with Gasteiger partial charge in [-0.3, -0.25) is 14.4 Å². The average Bonchev–Trinajstić information content (AvgIpc) is 3.06. The number of likely N-dealkylation sites (tertiary alicyclic amines) is 1. The highest BCUT2D eigenvalue weighted by Gasteiger charge is 2.78. The normalized spacial score (nSPS) is 29.6. The molecule has 0 aromatic heterocycles. The molecule has 6 atom stereocenters. The number of fused-ring (bicyclic) bond motifs is 1. The van der Waals surface area contributed by atoms with Crippen molar-refractivity contribution in [3.8, 4) is 0 Å². The summed E-state index contributed by atoms with van der Waals surface area (Å²) < 4.78 is 5.46. The van der Waals surface area contributed by atoms with Crippen LogP contribution in [0.4, 0.5) is 4.79 Å². The minimum absolute atomic E-state index is 0.147. The number of rotatable bonds is 8. The van der Waals surface area contributed by atoms with Gasteiger partial charge in [-0.05, 0) is 74.5 Å². The molecule has 10 heteroatoms. The van der Waals surface area contributed by atoms with Crippen LogP contribution in [0.2, 0.25) is 0 Å². The van der Waals surface area contributed by atoms with E-state index < -0.39 is 47.2 Å². The van der Waals surface area contributed by atoms with Crippen LogP contribution in [0.25, 0.3) is 0 Å². The zero-order valence-corrected chi connectivity index (χ0v) is 25.3. The summed E-state index contributed by atoms with van der Waals surface area (Å²) in [7, 11) is 0. The minimum atomic E-state index is -1.50. The molecule has 0 aromatic rings. The highest BCUT2D eigenvalue weighted by Crippen LogP contribution is 2.81. The van der Waals surface area contributed by atoms with E-state index in [-0.39, 0.29) is 22.6 Å². The van der Waals surface area contributed by atoms with E-state index in [4.69, 9.17) is 10.5 Å². The Balaban J connectivity index is 1.60. The second-order valence-corrected chi connectivity index (χ2v) is 15.0. The van der Waals surface area contributed by atoms with Gasteiger partial charge in [0.15, 0.2) is 6.10 Å². The Morgan fingerprint density at radius 1 is 1.02 bits per heavy atom. The van der Waals surface area contributed by atoms with Gasteiger partial charge >= 0.3 is 6.09 Å². The Hall–Kier alpha value is -2.36. The van der Waals surface area contributed by atoms with Gasteiger partial charge < -0.3 is 31.1 Å². The van der Waals surface area contributed by atoms with E-state index >= 15 is 0 Å². The van der Waals surface area contributed by atoms with Gasteiger partial charge in [-0.15, -0.1) is 0 Å². The predicted molar refractivity (Wildman–Crippen MR) is 150 cm³/mol. The van der Waals surface area contributed by atoms with Crippen molar-refractivity contribution in [1.29, 1.82) is 0 Å². The van der Waals surface area contributed by atoms with Crippen LogP contribution >= 0.6 is 0 Å². The molecule has 1 aliphatic heterocycles. The SMILES string of the molecule is C[C@H]1C2(CCC2)[C@@]12C[C@@H](C(=O)NC(CC1CCC1)C(O)C(N)=O)N(C(=O)C(NC(=O)OC(C)(C)C)C(C)(C)C)C2. The number of hydrogen-bond acceptors (Lipinski definition) is 6. The van der Waals surface area contributed by atoms with Crippen molar-refractivity contribution in [3.63, 3.8) is 0 Å². The minimum Gasteiger partial charge on any atom is -0.444 e. The maximum Gasteiger partial charge on any atom is 0.408 e. The van der Waals surface area contributed by atoms with Gasteiger partial charge in [0.1, 0.15) is 17.7 Å². The molecular formula is C30H50N4O6. The average molecular weight is 563 g/mol. The third-order valence-electron chi connectivity index (χ3n) is 10.4. The van der Waals surface area contributed by atoms with Gasteiger partial charge in [0.2, 0.25) is 17.7 Å². The van der Waals surface area contributed by atoms with Crippen molar-refractivity contribution in [2.45, 2.75) is 130 Å². The van der Waals surface area contributed by atoms with Crippen molar-refractivity contribution in [2.24, 2.45) is 33.8 Å². The van der Waals surface area contributed by atoms with Crippen LogP contribution in [0, 0.1) is 28.1 Å². The Morgan fingerprint density at radius 3 is 2.08 bits per heavy atom. The number of nitrogens with two attached hydrogens (primary N) is 1.